The molecule has 0 spiro atoms. The summed E-state index contributed by atoms with van der Waals surface area (Å²) in [4.78, 5) is 15.2. The predicted octanol–water partition coefficient (Wildman–Crippen LogP) is 2.19. The number of benzene rings is 1. The molecule has 1 aliphatic rings. The Kier molecular flexibility index (Phi) is 2.67. The molecule has 1 amide bonds. The summed E-state index contributed by atoms with van der Waals surface area (Å²) >= 11 is 9.34. The van der Waals surface area contributed by atoms with Crippen LogP contribution >= 0.6 is 27.5 Å². The molecule has 0 aromatic heterocycles. The van der Waals surface area contributed by atoms with Gasteiger partial charge in [-0.25, -0.2) is 0 Å². The number of nitrogens with zero attached hydrogens (tertiary/aromatic N) is 1. The van der Waals surface area contributed by atoms with Crippen molar-refractivity contribution >= 4 is 39.5 Å². The molecule has 2 N–H and O–H groups in total. The molecule has 1 atom stereocenters. The van der Waals surface area contributed by atoms with E-state index in [2.05, 4.69) is 20.9 Å². The van der Waals surface area contributed by atoms with Crippen LogP contribution in [0.2, 0.25) is 5.02 Å². The van der Waals surface area contributed by atoms with Gasteiger partial charge in [-0.1, -0.05) is 33.6 Å². The Bertz CT molecular complexity index is 504. The summed E-state index contributed by atoms with van der Waals surface area (Å²) in [6, 6.07) is 5.04. The molecule has 0 bridgehead atoms. The van der Waals surface area contributed by atoms with Crippen molar-refractivity contribution in [3.8, 4) is 0 Å². The fraction of sp³-hybridized carbons (Fsp3) is 0.200. The summed E-state index contributed by atoms with van der Waals surface area (Å²) in [7, 11) is 0. The zero-order valence-corrected chi connectivity index (χ0v) is 10.7. The summed E-state index contributed by atoms with van der Waals surface area (Å²) < 4.78 is 6.07. The van der Waals surface area contributed by atoms with E-state index in [1.165, 1.54) is 0 Å². The zero-order chi connectivity index (χ0) is 11.9. The van der Waals surface area contributed by atoms with Crippen molar-refractivity contribution in [3.63, 3.8) is 0 Å². The van der Waals surface area contributed by atoms with Gasteiger partial charge in [0.2, 0.25) is 5.60 Å². The molecule has 84 valence electrons. The van der Waals surface area contributed by atoms with Gasteiger partial charge in [0.1, 0.15) is 0 Å². The number of hydrogen-bond donors (Lipinski definition) is 1. The van der Waals surface area contributed by atoms with Crippen molar-refractivity contribution in [2.24, 2.45) is 10.7 Å². The third kappa shape index (κ3) is 1.70. The van der Waals surface area contributed by atoms with Crippen LogP contribution in [0, 0.1) is 0 Å². The van der Waals surface area contributed by atoms with Crippen molar-refractivity contribution in [2.75, 3.05) is 0 Å². The second kappa shape index (κ2) is 3.75. The van der Waals surface area contributed by atoms with Crippen LogP contribution in [0.3, 0.4) is 0 Å². The molecule has 6 heteroatoms. The van der Waals surface area contributed by atoms with Crippen LogP contribution in [-0.2, 0) is 15.1 Å². The first-order valence-electron chi connectivity index (χ1n) is 4.46. The van der Waals surface area contributed by atoms with Crippen molar-refractivity contribution < 1.29 is 9.53 Å². The van der Waals surface area contributed by atoms with Crippen LogP contribution in [-0.4, -0.2) is 11.9 Å². The van der Waals surface area contributed by atoms with E-state index in [1.807, 2.05) is 0 Å². The fourth-order valence-electron chi connectivity index (χ4n) is 1.53. The number of hydrogen-bond acceptors (Lipinski definition) is 3. The molecule has 1 aromatic carbocycles. The summed E-state index contributed by atoms with van der Waals surface area (Å²) in [5.41, 5.74) is 4.70. The molecule has 4 nitrogen and oxygen atoms in total. The Morgan fingerprint density at radius 2 is 2.25 bits per heavy atom. The van der Waals surface area contributed by atoms with Gasteiger partial charge in [-0.15, -0.1) is 0 Å². The third-order valence-corrected chi connectivity index (χ3v) is 3.18. The average Bonchev–Trinajstić information content (AvgIpc) is 2.40. The monoisotopic (exact) mass is 302 g/mol. The molecule has 1 unspecified atom stereocenters. The van der Waals surface area contributed by atoms with Gasteiger partial charge in [0, 0.05) is 15.1 Å². The minimum absolute atomic E-state index is 0.133. The van der Waals surface area contributed by atoms with E-state index in [0.29, 0.717) is 10.6 Å². The van der Waals surface area contributed by atoms with Gasteiger partial charge in [-0.05, 0) is 19.1 Å². The number of nitrogens with two attached hydrogens (primary N) is 1. The minimum Gasteiger partial charge on any atom is -0.444 e. The zero-order valence-electron chi connectivity index (χ0n) is 8.33. The van der Waals surface area contributed by atoms with Crippen molar-refractivity contribution in [2.45, 2.75) is 12.5 Å². The van der Waals surface area contributed by atoms with Crippen LogP contribution in [0.5, 0.6) is 0 Å². The number of halogens is 2. The normalized spacial score (nSPS) is 24.2. The van der Waals surface area contributed by atoms with E-state index in [-0.39, 0.29) is 6.02 Å². The molecule has 0 saturated heterocycles. The van der Waals surface area contributed by atoms with Crippen LogP contribution < -0.4 is 5.73 Å². The lowest BCUT2D eigenvalue weighted by atomic mass is 9.95. The number of aliphatic imine (C=N–C) groups is 1. The Labute approximate surface area is 106 Å². The highest BCUT2D eigenvalue weighted by Gasteiger charge is 2.44. The Balaban J connectivity index is 2.49. The number of ether oxygens (including phenoxy) is 1. The highest BCUT2D eigenvalue weighted by Crippen LogP contribution is 2.36. The van der Waals surface area contributed by atoms with Crippen molar-refractivity contribution in [1.29, 1.82) is 0 Å². The third-order valence-electron chi connectivity index (χ3n) is 2.37. The summed E-state index contributed by atoms with van der Waals surface area (Å²) in [6.45, 7) is 1.59. The van der Waals surface area contributed by atoms with Gasteiger partial charge < -0.3 is 10.5 Å². The Morgan fingerprint density at radius 3 is 2.75 bits per heavy atom. The molecule has 0 saturated carbocycles. The van der Waals surface area contributed by atoms with E-state index >= 15 is 0 Å². The van der Waals surface area contributed by atoms with Gasteiger partial charge in [-0.2, -0.15) is 4.99 Å². The molecular formula is C10H8BrClN2O2. The lowest BCUT2D eigenvalue weighted by Crippen LogP contribution is -2.32. The van der Waals surface area contributed by atoms with Gasteiger partial charge in [0.25, 0.3) is 11.9 Å². The molecule has 0 radical (unpaired) electrons. The topological polar surface area (TPSA) is 64.7 Å². The lowest BCUT2D eigenvalue weighted by molar-refractivity contribution is -0.130. The number of amides is 1. The number of rotatable bonds is 1. The quantitative estimate of drug-likeness (QED) is 0.865. The summed E-state index contributed by atoms with van der Waals surface area (Å²) in [6.07, 6.45) is 0. The molecule has 0 fully saturated rings. The van der Waals surface area contributed by atoms with Gasteiger partial charge in [-0.3, -0.25) is 4.79 Å². The average molecular weight is 304 g/mol. The molecule has 0 aliphatic carbocycles. The van der Waals surface area contributed by atoms with Gasteiger partial charge in [0.15, 0.2) is 0 Å². The van der Waals surface area contributed by atoms with Crippen LogP contribution in [0.15, 0.2) is 27.7 Å². The first-order valence-corrected chi connectivity index (χ1v) is 5.64. The first-order chi connectivity index (χ1) is 7.43. The predicted molar refractivity (Wildman–Crippen MR) is 64.2 cm³/mol. The second-order valence-corrected chi connectivity index (χ2v) is 4.84. The maximum atomic E-state index is 11.7. The number of carbonyl (C=O) groups is 1. The lowest BCUT2D eigenvalue weighted by Gasteiger charge is -2.22. The van der Waals surface area contributed by atoms with E-state index < -0.39 is 11.5 Å². The SMILES string of the molecule is CC1(c2ccc(Br)cc2Cl)OC(N)=NC1=O. The summed E-state index contributed by atoms with van der Waals surface area (Å²) in [5.74, 6) is -0.450. The molecule has 1 heterocycles. The van der Waals surface area contributed by atoms with Crippen molar-refractivity contribution in [1.82, 2.24) is 0 Å². The highest BCUT2D eigenvalue weighted by atomic mass is 79.9. The highest BCUT2D eigenvalue weighted by molar-refractivity contribution is 9.10. The Morgan fingerprint density at radius 1 is 1.56 bits per heavy atom. The smallest absolute Gasteiger partial charge is 0.298 e. The van der Waals surface area contributed by atoms with E-state index in [9.17, 15) is 4.79 Å². The first kappa shape index (κ1) is 11.4. The standard InChI is InChI=1S/C10H8BrClN2O2/c1-10(8(15)14-9(13)16-10)6-3-2-5(11)4-7(6)12/h2-4H,1H3,(H2,13,14,15). The molecule has 1 aliphatic heterocycles. The van der Waals surface area contributed by atoms with Crippen LogP contribution in [0.4, 0.5) is 0 Å². The minimum atomic E-state index is -1.22. The summed E-state index contributed by atoms with van der Waals surface area (Å²) in [5, 5.41) is 0.426. The maximum Gasteiger partial charge on any atom is 0.298 e. The van der Waals surface area contributed by atoms with Gasteiger partial charge in [0.05, 0.1) is 0 Å². The van der Waals surface area contributed by atoms with E-state index in [1.54, 1.807) is 25.1 Å². The Hall–Kier alpha value is -1.07. The fourth-order valence-corrected chi connectivity index (χ4v) is 2.38. The maximum absolute atomic E-state index is 11.7. The molecule has 16 heavy (non-hydrogen) atoms. The van der Waals surface area contributed by atoms with Gasteiger partial charge >= 0.3 is 0 Å². The van der Waals surface area contributed by atoms with E-state index in [0.717, 1.165) is 4.47 Å². The van der Waals surface area contributed by atoms with Crippen LogP contribution in [0.1, 0.15) is 12.5 Å². The van der Waals surface area contributed by atoms with Crippen LogP contribution in [0.25, 0.3) is 0 Å². The van der Waals surface area contributed by atoms with Crippen molar-refractivity contribution in [3.05, 3.63) is 33.3 Å². The van der Waals surface area contributed by atoms with E-state index in [4.69, 9.17) is 22.1 Å². The molecular weight excluding hydrogens is 295 g/mol. The second-order valence-electron chi connectivity index (χ2n) is 3.51. The molecule has 2 rings (SSSR count). The number of carbonyl (C=O) groups excluding carboxylic acids is 1. The molecule has 1 aromatic rings. The largest absolute Gasteiger partial charge is 0.444 e. The number of amidine groups is 1.